The summed E-state index contributed by atoms with van der Waals surface area (Å²) in [6.45, 7) is 2.05. The lowest BCUT2D eigenvalue weighted by Crippen LogP contribution is -2.27. The van der Waals surface area contributed by atoms with Gasteiger partial charge in [0.2, 0.25) is 0 Å². The van der Waals surface area contributed by atoms with Gasteiger partial charge in [0.05, 0.1) is 5.69 Å². The number of piperidine rings is 1. The van der Waals surface area contributed by atoms with E-state index in [0.29, 0.717) is 5.92 Å². The Bertz CT molecular complexity index is 557. The molecule has 1 aliphatic rings. The first-order valence-electron chi connectivity index (χ1n) is 6.62. The van der Waals surface area contributed by atoms with E-state index in [1.807, 2.05) is 6.07 Å². The van der Waals surface area contributed by atoms with E-state index in [4.69, 9.17) is 0 Å². The Hall–Kier alpha value is -1.23. The van der Waals surface area contributed by atoms with Gasteiger partial charge < -0.3 is 5.32 Å². The zero-order chi connectivity index (χ0) is 13.1. The molecule has 0 saturated carbocycles. The van der Waals surface area contributed by atoms with Crippen molar-refractivity contribution in [3.8, 4) is 11.3 Å². The molecule has 0 radical (unpaired) electrons. The minimum atomic E-state index is -0.226. The Morgan fingerprint density at radius 2 is 1.67 bits per heavy atom. The van der Waals surface area contributed by atoms with Crippen LogP contribution in [0.2, 0.25) is 0 Å². The molecular formula is C15H18Cl2FN3. The fraction of sp³-hybridized carbons (Fsp3) is 0.333. The zero-order valence-corrected chi connectivity index (χ0v) is 13.1. The quantitative estimate of drug-likeness (QED) is 0.914. The standard InChI is InChI=1S/C15H16FN3.2ClH/c16-13-3-1-11(2-4-13)14-7-10-18-15(19-14)12-5-8-17-9-6-12;;/h1-4,7,10,12,17H,5-6,8-9H2;2*1H. The Morgan fingerprint density at radius 3 is 2.33 bits per heavy atom. The van der Waals surface area contributed by atoms with E-state index in [0.717, 1.165) is 43.0 Å². The van der Waals surface area contributed by atoms with E-state index in [1.54, 1.807) is 18.3 Å². The summed E-state index contributed by atoms with van der Waals surface area (Å²) in [7, 11) is 0. The normalized spacial score (nSPS) is 14.9. The first-order valence-corrected chi connectivity index (χ1v) is 6.62. The zero-order valence-electron chi connectivity index (χ0n) is 11.5. The van der Waals surface area contributed by atoms with Gasteiger partial charge in [-0.2, -0.15) is 0 Å². The number of halogens is 3. The summed E-state index contributed by atoms with van der Waals surface area (Å²) >= 11 is 0. The van der Waals surface area contributed by atoms with Gasteiger partial charge in [-0.1, -0.05) is 0 Å². The third-order valence-corrected chi connectivity index (χ3v) is 3.52. The molecule has 114 valence electrons. The van der Waals surface area contributed by atoms with E-state index in [1.165, 1.54) is 12.1 Å². The molecule has 0 atom stereocenters. The molecule has 0 bridgehead atoms. The first-order chi connectivity index (χ1) is 9.33. The van der Waals surface area contributed by atoms with Crippen LogP contribution in [0.3, 0.4) is 0 Å². The van der Waals surface area contributed by atoms with Gasteiger partial charge in [-0.15, -0.1) is 24.8 Å². The summed E-state index contributed by atoms with van der Waals surface area (Å²) in [5.74, 6) is 1.11. The van der Waals surface area contributed by atoms with Crippen LogP contribution >= 0.6 is 24.8 Å². The van der Waals surface area contributed by atoms with Gasteiger partial charge in [0, 0.05) is 17.7 Å². The molecule has 1 saturated heterocycles. The van der Waals surface area contributed by atoms with Crippen molar-refractivity contribution >= 4 is 24.8 Å². The summed E-state index contributed by atoms with van der Waals surface area (Å²) in [6, 6.07) is 8.30. The molecule has 2 aromatic rings. The summed E-state index contributed by atoms with van der Waals surface area (Å²) in [5, 5.41) is 3.34. The summed E-state index contributed by atoms with van der Waals surface area (Å²) in [4.78, 5) is 9.03. The number of rotatable bonds is 2. The van der Waals surface area contributed by atoms with Crippen molar-refractivity contribution in [2.75, 3.05) is 13.1 Å². The van der Waals surface area contributed by atoms with Crippen LogP contribution in [0.25, 0.3) is 11.3 Å². The Kier molecular flexibility index (Phi) is 7.02. The highest BCUT2D eigenvalue weighted by Crippen LogP contribution is 2.24. The van der Waals surface area contributed by atoms with Crippen LogP contribution in [0.15, 0.2) is 36.5 Å². The van der Waals surface area contributed by atoms with E-state index in [-0.39, 0.29) is 30.6 Å². The first kappa shape index (κ1) is 17.8. The van der Waals surface area contributed by atoms with Gasteiger partial charge in [-0.25, -0.2) is 14.4 Å². The Balaban J connectivity index is 0.00000110. The molecule has 0 spiro atoms. The highest BCUT2D eigenvalue weighted by molar-refractivity contribution is 5.85. The van der Waals surface area contributed by atoms with Crippen LogP contribution in [-0.2, 0) is 0 Å². The molecule has 1 N–H and O–H groups in total. The molecule has 3 rings (SSSR count). The molecule has 0 aliphatic carbocycles. The maximum atomic E-state index is 12.9. The number of hydrogen-bond acceptors (Lipinski definition) is 3. The second kappa shape index (κ2) is 8.27. The fourth-order valence-corrected chi connectivity index (χ4v) is 2.43. The van der Waals surface area contributed by atoms with Gasteiger partial charge in [-0.3, -0.25) is 0 Å². The second-order valence-electron chi connectivity index (χ2n) is 4.83. The summed E-state index contributed by atoms with van der Waals surface area (Å²) in [5.41, 5.74) is 1.79. The van der Waals surface area contributed by atoms with Gasteiger partial charge in [-0.05, 0) is 56.3 Å². The van der Waals surface area contributed by atoms with Gasteiger partial charge in [0.1, 0.15) is 11.6 Å². The minimum Gasteiger partial charge on any atom is -0.317 e. The molecule has 2 heterocycles. The molecule has 21 heavy (non-hydrogen) atoms. The molecule has 1 aromatic carbocycles. The van der Waals surface area contributed by atoms with Crippen molar-refractivity contribution < 1.29 is 4.39 Å². The van der Waals surface area contributed by atoms with Gasteiger partial charge >= 0.3 is 0 Å². The van der Waals surface area contributed by atoms with Crippen LogP contribution < -0.4 is 5.32 Å². The maximum absolute atomic E-state index is 12.9. The SMILES string of the molecule is Cl.Cl.Fc1ccc(-c2ccnc(C3CCNCC3)n2)cc1. The van der Waals surface area contributed by atoms with Crippen molar-refractivity contribution in [2.45, 2.75) is 18.8 Å². The molecule has 1 aliphatic heterocycles. The maximum Gasteiger partial charge on any atom is 0.132 e. The predicted octanol–water partition coefficient (Wildman–Crippen LogP) is 3.59. The second-order valence-corrected chi connectivity index (χ2v) is 4.83. The van der Waals surface area contributed by atoms with Crippen LogP contribution in [0, 0.1) is 5.82 Å². The number of nitrogens with zero attached hydrogens (tertiary/aromatic N) is 2. The molecule has 1 aromatic heterocycles. The minimum absolute atomic E-state index is 0. The monoisotopic (exact) mass is 329 g/mol. The highest BCUT2D eigenvalue weighted by Gasteiger charge is 2.18. The number of nitrogens with one attached hydrogen (secondary N) is 1. The predicted molar refractivity (Wildman–Crippen MR) is 86.8 cm³/mol. The molecule has 3 nitrogen and oxygen atoms in total. The third kappa shape index (κ3) is 4.37. The van der Waals surface area contributed by atoms with Crippen molar-refractivity contribution in [3.05, 3.63) is 48.2 Å². The molecule has 6 heteroatoms. The molecular weight excluding hydrogens is 312 g/mol. The van der Waals surface area contributed by atoms with Gasteiger partial charge in [0.25, 0.3) is 0 Å². The number of aromatic nitrogens is 2. The number of hydrogen-bond donors (Lipinski definition) is 1. The summed E-state index contributed by atoms with van der Waals surface area (Å²) < 4.78 is 12.9. The van der Waals surface area contributed by atoms with Crippen LogP contribution in [0.4, 0.5) is 4.39 Å². The van der Waals surface area contributed by atoms with E-state index < -0.39 is 0 Å². The lowest BCUT2D eigenvalue weighted by Gasteiger charge is -2.21. The molecule has 1 fully saturated rings. The van der Waals surface area contributed by atoms with Crippen LogP contribution in [0.5, 0.6) is 0 Å². The largest absolute Gasteiger partial charge is 0.317 e. The Morgan fingerprint density at radius 1 is 1.00 bits per heavy atom. The number of benzene rings is 1. The van der Waals surface area contributed by atoms with Crippen molar-refractivity contribution in [2.24, 2.45) is 0 Å². The Labute approximate surface area is 136 Å². The summed E-state index contributed by atoms with van der Waals surface area (Å²) in [6.07, 6.45) is 3.95. The topological polar surface area (TPSA) is 37.8 Å². The molecule has 0 amide bonds. The van der Waals surface area contributed by atoms with Crippen molar-refractivity contribution in [3.63, 3.8) is 0 Å². The van der Waals surface area contributed by atoms with E-state index in [9.17, 15) is 4.39 Å². The molecule has 0 unspecified atom stereocenters. The van der Waals surface area contributed by atoms with Crippen LogP contribution in [-0.4, -0.2) is 23.1 Å². The fourth-order valence-electron chi connectivity index (χ4n) is 2.43. The third-order valence-electron chi connectivity index (χ3n) is 3.52. The van der Waals surface area contributed by atoms with Crippen LogP contribution in [0.1, 0.15) is 24.6 Å². The van der Waals surface area contributed by atoms with Crippen molar-refractivity contribution in [1.82, 2.24) is 15.3 Å². The lowest BCUT2D eigenvalue weighted by atomic mass is 9.97. The average Bonchev–Trinajstić information content (AvgIpc) is 2.49. The van der Waals surface area contributed by atoms with E-state index >= 15 is 0 Å². The smallest absolute Gasteiger partial charge is 0.132 e. The average molecular weight is 330 g/mol. The van der Waals surface area contributed by atoms with Crippen molar-refractivity contribution in [1.29, 1.82) is 0 Å². The lowest BCUT2D eigenvalue weighted by molar-refractivity contribution is 0.445. The van der Waals surface area contributed by atoms with Gasteiger partial charge in [0.15, 0.2) is 0 Å². The highest BCUT2D eigenvalue weighted by atomic mass is 35.5. The van der Waals surface area contributed by atoms with E-state index in [2.05, 4.69) is 15.3 Å².